The minimum atomic E-state index is 0.161. The number of nitrogens with one attached hydrogen (secondary N) is 1. The summed E-state index contributed by atoms with van der Waals surface area (Å²) in [7, 11) is 0. The maximum atomic E-state index is 13.4. The van der Waals surface area contributed by atoms with Gasteiger partial charge in [0.25, 0.3) is 5.91 Å². The van der Waals surface area contributed by atoms with Crippen molar-refractivity contribution in [3.8, 4) is 0 Å². The van der Waals surface area contributed by atoms with Crippen molar-refractivity contribution in [3.63, 3.8) is 0 Å². The zero-order valence-corrected chi connectivity index (χ0v) is 18.2. The van der Waals surface area contributed by atoms with E-state index in [1.54, 1.807) is 0 Å². The summed E-state index contributed by atoms with van der Waals surface area (Å²) in [4.78, 5) is 15.4. The number of hydrogen-bond donors (Lipinski definition) is 1. The Morgan fingerprint density at radius 2 is 1.73 bits per heavy atom. The number of rotatable bonds is 4. The molecular formula is C25H34N4O. The molecule has 2 aliphatic carbocycles. The van der Waals surface area contributed by atoms with Gasteiger partial charge in [0.2, 0.25) is 0 Å². The Hall–Kier alpha value is -2.14. The average Bonchev–Trinajstić information content (AvgIpc) is 3.22. The average molecular weight is 407 g/mol. The van der Waals surface area contributed by atoms with E-state index >= 15 is 0 Å². The second-order valence-electron chi connectivity index (χ2n) is 9.28. The van der Waals surface area contributed by atoms with E-state index in [2.05, 4.69) is 46.1 Å². The van der Waals surface area contributed by atoms with Crippen LogP contribution in [-0.4, -0.2) is 45.8 Å². The fraction of sp³-hybridized carbons (Fsp3) is 0.600. The molecule has 0 bridgehead atoms. The van der Waals surface area contributed by atoms with Crippen molar-refractivity contribution in [1.82, 2.24) is 20.0 Å². The van der Waals surface area contributed by atoms with E-state index in [0.29, 0.717) is 12.1 Å². The molecule has 1 aromatic carbocycles. The van der Waals surface area contributed by atoms with Crippen molar-refractivity contribution < 1.29 is 4.79 Å². The smallest absolute Gasteiger partial charge is 0.274 e. The zero-order chi connectivity index (χ0) is 20.5. The Kier molecular flexibility index (Phi) is 5.64. The van der Waals surface area contributed by atoms with Gasteiger partial charge in [0, 0.05) is 43.0 Å². The Morgan fingerprint density at radius 1 is 1.03 bits per heavy atom. The molecule has 0 radical (unpaired) electrons. The number of aryl methyl sites for hydroxylation is 1. The molecule has 5 nitrogen and oxygen atoms in total. The van der Waals surface area contributed by atoms with Crippen LogP contribution in [0.15, 0.2) is 24.3 Å². The first-order valence-corrected chi connectivity index (χ1v) is 11.9. The Morgan fingerprint density at radius 3 is 2.40 bits per heavy atom. The van der Waals surface area contributed by atoms with E-state index in [0.717, 1.165) is 70.3 Å². The predicted molar refractivity (Wildman–Crippen MR) is 119 cm³/mol. The summed E-state index contributed by atoms with van der Waals surface area (Å²) in [5.41, 5.74) is 6.22. The normalized spacial score (nSPS) is 21.9. The SMILES string of the molecule is CCn1nc(C(=O)N2CCCCCC2)c2c1CC[C@H](NC1Cc3ccccc3C1)C2. The van der Waals surface area contributed by atoms with Crippen LogP contribution >= 0.6 is 0 Å². The van der Waals surface area contributed by atoms with Crippen molar-refractivity contribution in [3.05, 3.63) is 52.3 Å². The van der Waals surface area contributed by atoms with Crippen molar-refractivity contribution in [2.45, 2.75) is 83.3 Å². The summed E-state index contributed by atoms with van der Waals surface area (Å²) in [6, 6.07) is 9.77. The van der Waals surface area contributed by atoms with Gasteiger partial charge in [-0.3, -0.25) is 9.48 Å². The van der Waals surface area contributed by atoms with Crippen LogP contribution in [0.3, 0.4) is 0 Å². The van der Waals surface area contributed by atoms with E-state index < -0.39 is 0 Å². The van der Waals surface area contributed by atoms with Gasteiger partial charge in [-0.1, -0.05) is 37.1 Å². The standard InChI is InChI=1S/C25H34N4O/c1-2-29-23-12-11-20(26-21-15-18-9-5-6-10-19(18)16-21)17-22(23)24(27-29)25(30)28-13-7-3-4-8-14-28/h5-6,9-10,20-21,26H,2-4,7-8,11-17H2,1H3/t20-/m0/s1. The Labute approximate surface area is 179 Å². The molecule has 1 saturated heterocycles. The lowest BCUT2D eigenvalue weighted by Crippen LogP contribution is -2.42. The monoisotopic (exact) mass is 406 g/mol. The lowest BCUT2D eigenvalue weighted by atomic mass is 9.90. The number of likely N-dealkylation sites (tertiary alicyclic amines) is 1. The van der Waals surface area contributed by atoms with E-state index in [1.807, 2.05) is 0 Å². The molecule has 0 saturated carbocycles. The van der Waals surface area contributed by atoms with Crippen LogP contribution in [0.25, 0.3) is 0 Å². The molecule has 0 spiro atoms. The van der Waals surface area contributed by atoms with E-state index in [-0.39, 0.29) is 5.91 Å². The molecule has 1 amide bonds. The molecule has 1 N–H and O–H groups in total. The molecule has 1 atom stereocenters. The second-order valence-corrected chi connectivity index (χ2v) is 9.28. The zero-order valence-electron chi connectivity index (χ0n) is 18.2. The Bertz CT molecular complexity index is 885. The number of amides is 1. The number of carbonyl (C=O) groups is 1. The van der Waals surface area contributed by atoms with Crippen LogP contribution in [0.5, 0.6) is 0 Å². The topological polar surface area (TPSA) is 50.2 Å². The van der Waals surface area contributed by atoms with Crippen molar-refractivity contribution in [2.24, 2.45) is 0 Å². The number of nitrogens with zero attached hydrogens (tertiary/aromatic N) is 3. The van der Waals surface area contributed by atoms with Crippen LogP contribution in [0.4, 0.5) is 0 Å². The van der Waals surface area contributed by atoms with Crippen LogP contribution in [-0.2, 0) is 32.2 Å². The van der Waals surface area contributed by atoms with Gasteiger partial charge >= 0.3 is 0 Å². The summed E-state index contributed by atoms with van der Waals surface area (Å²) in [5, 5.41) is 8.74. The summed E-state index contributed by atoms with van der Waals surface area (Å²) in [6.07, 6.45) is 10.0. The van der Waals surface area contributed by atoms with Gasteiger partial charge in [-0.25, -0.2) is 0 Å². The first-order chi connectivity index (χ1) is 14.7. The molecule has 3 aliphatic rings. The van der Waals surface area contributed by atoms with Crippen LogP contribution < -0.4 is 5.32 Å². The summed E-state index contributed by atoms with van der Waals surface area (Å²) >= 11 is 0. The van der Waals surface area contributed by atoms with Crippen LogP contribution in [0.2, 0.25) is 0 Å². The number of hydrogen-bond acceptors (Lipinski definition) is 3. The third-order valence-electron chi connectivity index (χ3n) is 7.26. The van der Waals surface area contributed by atoms with E-state index in [1.165, 1.54) is 35.2 Å². The molecule has 1 fully saturated rings. The highest BCUT2D eigenvalue weighted by Crippen LogP contribution is 2.28. The quantitative estimate of drug-likeness (QED) is 0.845. The fourth-order valence-corrected chi connectivity index (χ4v) is 5.70. The van der Waals surface area contributed by atoms with Gasteiger partial charge in [0.1, 0.15) is 0 Å². The first kappa shape index (κ1) is 19.8. The molecular weight excluding hydrogens is 372 g/mol. The van der Waals surface area contributed by atoms with Gasteiger partial charge in [-0.2, -0.15) is 5.10 Å². The Balaban J connectivity index is 1.32. The number of fused-ring (bicyclic) bond motifs is 2. The highest BCUT2D eigenvalue weighted by atomic mass is 16.2. The number of carbonyl (C=O) groups excluding carboxylic acids is 1. The molecule has 0 unspecified atom stereocenters. The molecule has 160 valence electrons. The summed E-state index contributed by atoms with van der Waals surface area (Å²) < 4.78 is 2.09. The fourth-order valence-electron chi connectivity index (χ4n) is 5.70. The summed E-state index contributed by atoms with van der Waals surface area (Å²) in [5.74, 6) is 0.161. The number of aromatic nitrogens is 2. The maximum absolute atomic E-state index is 13.4. The second kappa shape index (κ2) is 8.54. The largest absolute Gasteiger partial charge is 0.337 e. The van der Waals surface area contributed by atoms with Crippen molar-refractivity contribution in [2.75, 3.05) is 13.1 Å². The minimum Gasteiger partial charge on any atom is -0.337 e. The lowest BCUT2D eigenvalue weighted by Gasteiger charge is -2.28. The highest BCUT2D eigenvalue weighted by Gasteiger charge is 2.32. The molecule has 1 aromatic heterocycles. The van der Waals surface area contributed by atoms with Gasteiger partial charge in [0.05, 0.1) is 0 Å². The van der Waals surface area contributed by atoms with Gasteiger partial charge in [-0.15, -0.1) is 0 Å². The van der Waals surface area contributed by atoms with E-state index in [4.69, 9.17) is 5.10 Å². The van der Waals surface area contributed by atoms with Gasteiger partial charge < -0.3 is 10.2 Å². The number of benzene rings is 1. The van der Waals surface area contributed by atoms with Gasteiger partial charge in [-0.05, 0) is 63.0 Å². The third-order valence-corrected chi connectivity index (χ3v) is 7.26. The molecule has 30 heavy (non-hydrogen) atoms. The van der Waals surface area contributed by atoms with Crippen LogP contribution in [0.1, 0.15) is 71.9 Å². The lowest BCUT2D eigenvalue weighted by molar-refractivity contribution is 0.0753. The highest BCUT2D eigenvalue weighted by molar-refractivity contribution is 5.94. The first-order valence-electron chi connectivity index (χ1n) is 11.9. The molecule has 2 aromatic rings. The maximum Gasteiger partial charge on any atom is 0.274 e. The third kappa shape index (κ3) is 3.80. The van der Waals surface area contributed by atoms with Crippen molar-refractivity contribution >= 4 is 5.91 Å². The summed E-state index contributed by atoms with van der Waals surface area (Å²) in [6.45, 7) is 4.74. The molecule has 1 aliphatic heterocycles. The molecule has 2 heterocycles. The van der Waals surface area contributed by atoms with Crippen LogP contribution in [0, 0.1) is 0 Å². The van der Waals surface area contributed by atoms with E-state index in [9.17, 15) is 4.79 Å². The minimum absolute atomic E-state index is 0.161. The van der Waals surface area contributed by atoms with Crippen molar-refractivity contribution in [1.29, 1.82) is 0 Å². The molecule has 5 heteroatoms. The van der Waals surface area contributed by atoms with Gasteiger partial charge in [0.15, 0.2) is 5.69 Å². The predicted octanol–water partition coefficient (Wildman–Crippen LogP) is 3.53. The molecule has 5 rings (SSSR count).